The van der Waals surface area contributed by atoms with E-state index < -0.39 is 11.2 Å². The van der Waals surface area contributed by atoms with Crippen LogP contribution in [0.3, 0.4) is 0 Å². The Morgan fingerprint density at radius 3 is 2.78 bits per heavy atom. The highest BCUT2D eigenvalue weighted by molar-refractivity contribution is 7.91. The van der Waals surface area contributed by atoms with Crippen LogP contribution in [0.5, 0.6) is 5.75 Å². The van der Waals surface area contributed by atoms with Crippen LogP contribution in [0.4, 0.5) is 11.5 Å². The molecule has 194 valence electrons. The topological polar surface area (TPSA) is 134 Å². The van der Waals surface area contributed by atoms with Crippen molar-refractivity contribution in [2.24, 2.45) is 5.92 Å². The van der Waals surface area contributed by atoms with Crippen molar-refractivity contribution in [1.29, 1.82) is 0 Å². The Morgan fingerprint density at radius 2 is 2.03 bits per heavy atom. The number of hydrogen-bond acceptors (Lipinski definition) is 8. The summed E-state index contributed by atoms with van der Waals surface area (Å²) >= 11 is -0.705. The molecule has 5 rings (SSSR count). The molecule has 0 spiro atoms. The van der Waals surface area contributed by atoms with Crippen molar-refractivity contribution in [2.45, 2.75) is 31.7 Å². The summed E-state index contributed by atoms with van der Waals surface area (Å²) < 4.78 is 18.8. The third kappa shape index (κ3) is 5.98. The Kier molecular flexibility index (Phi) is 7.79. The first-order chi connectivity index (χ1) is 18.0. The lowest BCUT2D eigenvalue weighted by Crippen LogP contribution is -2.40. The number of carbonyl (C=O) groups is 1. The maximum atomic E-state index is 12.9. The van der Waals surface area contributed by atoms with Gasteiger partial charge in [-0.25, -0.2) is 15.0 Å². The first-order valence-corrected chi connectivity index (χ1v) is 14.0. The van der Waals surface area contributed by atoms with Crippen LogP contribution in [-0.4, -0.2) is 73.1 Å². The van der Waals surface area contributed by atoms with Crippen LogP contribution in [0.1, 0.15) is 37.5 Å². The van der Waals surface area contributed by atoms with Crippen LogP contribution in [0.25, 0.3) is 11.2 Å². The van der Waals surface area contributed by atoms with Crippen molar-refractivity contribution in [1.82, 2.24) is 24.4 Å². The predicted molar refractivity (Wildman–Crippen MR) is 144 cm³/mol. The van der Waals surface area contributed by atoms with Gasteiger partial charge in [0, 0.05) is 36.8 Å². The van der Waals surface area contributed by atoms with E-state index in [9.17, 15) is 9.35 Å². The van der Waals surface area contributed by atoms with E-state index in [-0.39, 0.29) is 17.9 Å². The average Bonchev–Trinajstić information content (AvgIpc) is 3.34. The second kappa shape index (κ2) is 11.4. The number of carbonyl (C=O) groups excluding carboxylic acids is 1. The molecule has 1 saturated heterocycles. The molecular formula is C26H31N7O3S. The summed E-state index contributed by atoms with van der Waals surface area (Å²) in [6.45, 7) is 2.16. The molecule has 0 bridgehead atoms. The lowest BCUT2D eigenvalue weighted by atomic mass is 9.85. The van der Waals surface area contributed by atoms with Crippen LogP contribution in [0.15, 0.2) is 30.6 Å². The van der Waals surface area contributed by atoms with E-state index in [1.807, 2.05) is 24.3 Å². The third-order valence-corrected chi connectivity index (χ3v) is 8.30. The summed E-state index contributed by atoms with van der Waals surface area (Å²) in [5.74, 6) is 8.94. The second-order valence-electron chi connectivity index (χ2n) is 9.41. The smallest absolute Gasteiger partial charge is 0.227 e. The number of imidazole rings is 1. The number of nitrogen functional groups attached to an aromatic ring is 1. The van der Waals surface area contributed by atoms with Crippen LogP contribution in [-0.2, 0) is 16.0 Å². The Labute approximate surface area is 219 Å². The highest BCUT2D eigenvalue weighted by Gasteiger charge is 2.28. The van der Waals surface area contributed by atoms with Crippen molar-refractivity contribution in [3.8, 4) is 17.6 Å². The number of amides is 1. The monoisotopic (exact) mass is 521 g/mol. The Hall–Kier alpha value is -3.33. The minimum Gasteiger partial charge on any atom is -0.616 e. The summed E-state index contributed by atoms with van der Waals surface area (Å²) in [4.78, 5) is 28.5. The van der Waals surface area contributed by atoms with Gasteiger partial charge >= 0.3 is 0 Å². The molecule has 37 heavy (non-hydrogen) atoms. The van der Waals surface area contributed by atoms with Gasteiger partial charge in [0.1, 0.15) is 22.8 Å². The van der Waals surface area contributed by atoms with E-state index in [0.29, 0.717) is 46.6 Å². The molecule has 10 nitrogen and oxygen atoms in total. The van der Waals surface area contributed by atoms with E-state index in [1.54, 1.807) is 13.4 Å². The maximum absolute atomic E-state index is 12.9. The number of nitrogens with one attached hydrogen (secondary N) is 1. The number of rotatable bonds is 5. The first kappa shape index (κ1) is 25.3. The summed E-state index contributed by atoms with van der Waals surface area (Å²) in [6, 6.07) is 7.57. The molecule has 0 atom stereocenters. The number of anilines is 2. The van der Waals surface area contributed by atoms with Gasteiger partial charge in [-0.2, -0.15) is 0 Å². The minimum absolute atomic E-state index is 0.0336. The van der Waals surface area contributed by atoms with Gasteiger partial charge in [0.05, 0.1) is 20.0 Å². The van der Waals surface area contributed by atoms with Gasteiger partial charge in [-0.3, -0.25) is 9.69 Å². The lowest BCUT2D eigenvalue weighted by Gasteiger charge is -2.28. The second-order valence-corrected chi connectivity index (χ2v) is 11.1. The normalized spacial score (nSPS) is 20.8. The fraction of sp³-hybridized carbons (Fsp3) is 0.462. The van der Waals surface area contributed by atoms with Crippen LogP contribution in [0, 0.1) is 17.8 Å². The lowest BCUT2D eigenvalue weighted by molar-refractivity contribution is -0.120. The zero-order valence-electron chi connectivity index (χ0n) is 20.9. The van der Waals surface area contributed by atoms with Crippen molar-refractivity contribution in [3.05, 3.63) is 36.4 Å². The van der Waals surface area contributed by atoms with Crippen molar-refractivity contribution in [2.75, 3.05) is 49.3 Å². The fourth-order valence-electron chi connectivity index (χ4n) is 4.89. The number of aromatic nitrogens is 4. The number of nitrogens with two attached hydrogens (primary N) is 1. The zero-order valence-corrected chi connectivity index (χ0v) is 21.7. The first-order valence-electron chi connectivity index (χ1n) is 12.5. The molecular weight excluding hydrogens is 490 g/mol. The summed E-state index contributed by atoms with van der Waals surface area (Å²) in [5.41, 5.74) is 8.17. The standard InChI is InChI=1S/C26H31N7O3S/c1-36-21-5-2-4-19(16-21)29-26(34)18-7-9-20(10-8-18)33-17-28-23-24(27)30-22(31-25(23)33)6-3-11-32-12-14-37(35)15-13-32/h2,4-5,16-18,20H,7-15H2,1H3,(H,29,34)(H2,27,30,31). The van der Waals surface area contributed by atoms with Gasteiger partial charge in [-0.15, -0.1) is 0 Å². The number of nitrogens with zero attached hydrogens (tertiary/aromatic N) is 5. The molecule has 0 radical (unpaired) electrons. The number of methoxy groups -OCH3 is 1. The highest BCUT2D eigenvalue weighted by atomic mass is 32.2. The van der Waals surface area contributed by atoms with Crippen molar-refractivity contribution in [3.63, 3.8) is 0 Å². The third-order valence-electron chi connectivity index (χ3n) is 7.02. The van der Waals surface area contributed by atoms with E-state index in [2.05, 4.69) is 41.6 Å². The molecule has 1 saturated carbocycles. The Balaban J connectivity index is 1.23. The summed E-state index contributed by atoms with van der Waals surface area (Å²) in [6.07, 6.45) is 4.98. The molecule has 2 fully saturated rings. The molecule has 3 N–H and O–H groups in total. The van der Waals surface area contributed by atoms with E-state index in [4.69, 9.17) is 10.5 Å². The average molecular weight is 522 g/mol. The van der Waals surface area contributed by atoms with Gasteiger partial charge in [0.15, 0.2) is 11.5 Å². The van der Waals surface area contributed by atoms with E-state index in [0.717, 1.165) is 44.5 Å². The molecule has 3 heterocycles. The molecule has 3 aromatic rings. The minimum atomic E-state index is -0.705. The maximum Gasteiger partial charge on any atom is 0.227 e. The van der Waals surface area contributed by atoms with Gasteiger partial charge in [0.25, 0.3) is 0 Å². The van der Waals surface area contributed by atoms with E-state index >= 15 is 0 Å². The quantitative estimate of drug-likeness (QED) is 0.386. The molecule has 2 aliphatic rings. The number of fused-ring (bicyclic) bond motifs is 1. The molecule has 2 aromatic heterocycles. The van der Waals surface area contributed by atoms with Crippen molar-refractivity contribution < 1.29 is 14.1 Å². The molecule has 1 amide bonds. The SMILES string of the molecule is COc1cccc(NC(=O)C2CCC(n3cnc4c(N)nc(C#CCN5CC[S+]([O-])CC5)nc43)CC2)c1. The van der Waals surface area contributed by atoms with Crippen LogP contribution in [0.2, 0.25) is 0 Å². The zero-order chi connectivity index (χ0) is 25.8. The fourth-order valence-corrected chi connectivity index (χ4v) is 6.01. The van der Waals surface area contributed by atoms with Crippen LogP contribution >= 0.6 is 0 Å². The van der Waals surface area contributed by atoms with Crippen molar-refractivity contribution >= 4 is 39.8 Å². The molecule has 1 aromatic carbocycles. The van der Waals surface area contributed by atoms with E-state index in [1.165, 1.54) is 0 Å². The summed E-state index contributed by atoms with van der Waals surface area (Å²) in [5, 5.41) is 3.02. The van der Waals surface area contributed by atoms with Gasteiger partial charge in [-0.1, -0.05) is 23.2 Å². The number of ether oxygens (including phenoxy) is 1. The summed E-state index contributed by atoms with van der Waals surface area (Å²) in [7, 11) is 1.61. The number of benzene rings is 1. The largest absolute Gasteiger partial charge is 0.616 e. The van der Waals surface area contributed by atoms with Gasteiger partial charge in [0.2, 0.25) is 11.7 Å². The molecule has 0 unspecified atom stereocenters. The highest BCUT2D eigenvalue weighted by Crippen LogP contribution is 2.35. The molecule has 1 aliphatic carbocycles. The predicted octanol–water partition coefficient (Wildman–Crippen LogP) is 2.20. The Morgan fingerprint density at radius 1 is 1.24 bits per heavy atom. The number of hydrogen-bond donors (Lipinski definition) is 2. The van der Waals surface area contributed by atoms with Crippen LogP contribution < -0.4 is 15.8 Å². The Bertz CT molecular complexity index is 1320. The molecule has 11 heteroatoms. The van der Waals surface area contributed by atoms with Gasteiger partial charge in [-0.05, 0) is 43.7 Å². The molecule has 1 aliphatic heterocycles. The van der Waals surface area contributed by atoms with Gasteiger partial charge < -0.3 is 24.9 Å².